The van der Waals surface area contributed by atoms with Crippen LogP contribution in [0.25, 0.3) is 0 Å². The van der Waals surface area contributed by atoms with Crippen molar-refractivity contribution in [2.45, 2.75) is 37.8 Å². The van der Waals surface area contributed by atoms with Gasteiger partial charge in [-0.1, -0.05) is 18.9 Å². The fourth-order valence-electron chi connectivity index (χ4n) is 4.07. The van der Waals surface area contributed by atoms with Crippen LogP contribution in [0, 0.1) is 5.92 Å². The Morgan fingerprint density at radius 3 is 3.08 bits per heavy atom. The summed E-state index contributed by atoms with van der Waals surface area (Å²) >= 11 is 0. The number of amides is 2. The molecule has 1 aromatic carbocycles. The van der Waals surface area contributed by atoms with Crippen molar-refractivity contribution in [3.05, 3.63) is 24.3 Å². The summed E-state index contributed by atoms with van der Waals surface area (Å²) in [7, 11) is 1.57. The van der Waals surface area contributed by atoms with Crippen molar-refractivity contribution in [2.75, 3.05) is 19.0 Å². The van der Waals surface area contributed by atoms with Crippen molar-refractivity contribution in [1.82, 2.24) is 15.4 Å². The zero-order chi connectivity index (χ0) is 18.1. The van der Waals surface area contributed by atoms with E-state index in [1.54, 1.807) is 37.7 Å². The summed E-state index contributed by atoms with van der Waals surface area (Å²) < 4.78 is 5.15. The molecule has 138 valence electrons. The highest BCUT2D eigenvalue weighted by Crippen LogP contribution is 2.35. The Hall–Kier alpha value is -2.61. The number of hydrazine groups is 1. The van der Waals surface area contributed by atoms with Crippen LogP contribution in [-0.4, -0.2) is 53.9 Å². The molecule has 2 N–H and O–H groups in total. The van der Waals surface area contributed by atoms with Gasteiger partial charge < -0.3 is 10.1 Å². The summed E-state index contributed by atoms with van der Waals surface area (Å²) in [4.78, 5) is 25.2. The normalized spacial score (nSPS) is 27.1. The van der Waals surface area contributed by atoms with E-state index in [1.807, 2.05) is 5.01 Å². The maximum absolute atomic E-state index is 12.9. The predicted octanol–water partition coefficient (Wildman–Crippen LogP) is 1.17. The lowest BCUT2D eigenvalue weighted by Gasteiger charge is -2.32. The number of benzene rings is 1. The van der Waals surface area contributed by atoms with Gasteiger partial charge in [-0.3, -0.25) is 14.6 Å². The minimum Gasteiger partial charge on any atom is -0.497 e. The number of fused-ring (bicyclic) bond motifs is 3. The van der Waals surface area contributed by atoms with E-state index in [1.165, 1.54) is 11.4 Å². The van der Waals surface area contributed by atoms with E-state index in [0.29, 0.717) is 17.5 Å². The van der Waals surface area contributed by atoms with Crippen LogP contribution >= 0.6 is 0 Å². The number of hydrazone groups is 1. The number of methoxy groups -OCH3 is 1. The molecule has 4 rings (SSSR count). The Morgan fingerprint density at radius 1 is 1.38 bits per heavy atom. The quantitative estimate of drug-likeness (QED) is 0.845. The predicted molar refractivity (Wildman–Crippen MR) is 96.3 cm³/mol. The number of nitrogens with zero attached hydrogens (tertiary/aromatic N) is 3. The van der Waals surface area contributed by atoms with Crippen LogP contribution in [-0.2, 0) is 9.59 Å². The smallest absolute Gasteiger partial charge is 0.267 e. The Balaban J connectivity index is 1.41. The molecular formula is C18H23N5O3. The first-order valence-corrected chi connectivity index (χ1v) is 8.99. The number of hydrogen-bond acceptors (Lipinski definition) is 6. The molecule has 2 fully saturated rings. The zero-order valence-electron chi connectivity index (χ0n) is 14.7. The molecule has 8 nitrogen and oxygen atoms in total. The van der Waals surface area contributed by atoms with Crippen molar-refractivity contribution in [3.63, 3.8) is 0 Å². The molecule has 0 aromatic heterocycles. The van der Waals surface area contributed by atoms with Crippen LogP contribution in [0.1, 0.15) is 25.7 Å². The van der Waals surface area contributed by atoms with E-state index >= 15 is 0 Å². The number of nitrogens with one attached hydrogen (secondary N) is 2. The lowest BCUT2D eigenvalue weighted by atomic mass is 9.81. The van der Waals surface area contributed by atoms with Gasteiger partial charge in [-0.25, -0.2) is 10.4 Å². The minimum atomic E-state index is -0.289. The van der Waals surface area contributed by atoms with E-state index in [-0.39, 0.29) is 30.3 Å². The van der Waals surface area contributed by atoms with Gasteiger partial charge in [-0.15, -0.1) is 0 Å². The van der Waals surface area contributed by atoms with Crippen LogP contribution in [0.15, 0.2) is 29.4 Å². The monoisotopic (exact) mass is 357 g/mol. The maximum Gasteiger partial charge on any atom is 0.267 e. The Bertz CT molecular complexity index is 737. The lowest BCUT2D eigenvalue weighted by Crippen LogP contribution is -2.53. The number of hydrogen-bond donors (Lipinski definition) is 2. The van der Waals surface area contributed by atoms with E-state index in [2.05, 4.69) is 15.8 Å². The fourth-order valence-corrected chi connectivity index (χ4v) is 4.07. The molecule has 3 atom stereocenters. The average molecular weight is 357 g/mol. The molecule has 8 heteroatoms. The molecule has 0 bridgehead atoms. The van der Waals surface area contributed by atoms with Crippen molar-refractivity contribution in [1.29, 1.82) is 0 Å². The van der Waals surface area contributed by atoms with Crippen LogP contribution in [0.3, 0.4) is 0 Å². The fraction of sp³-hybridized carbons (Fsp3) is 0.500. The lowest BCUT2D eigenvalue weighted by molar-refractivity contribution is -0.140. The second-order valence-corrected chi connectivity index (χ2v) is 6.94. The molecule has 1 saturated heterocycles. The second kappa shape index (κ2) is 6.95. The van der Waals surface area contributed by atoms with Crippen LogP contribution in [0.4, 0.5) is 5.69 Å². The van der Waals surface area contributed by atoms with Gasteiger partial charge in [0.1, 0.15) is 24.7 Å². The Morgan fingerprint density at radius 2 is 2.23 bits per heavy atom. The van der Waals surface area contributed by atoms with Gasteiger partial charge >= 0.3 is 0 Å². The highest BCUT2D eigenvalue weighted by atomic mass is 16.5. The molecular weight excluding hydrogens is 334 g/mol. The molecule has 1 aromatic rings. The van der Waals surface area contributed by atoms with Gasteiger partial charge in [0.2, 0.25) is 5.91 Å². The molecule has 0 radical (unpaired) electrons. The maximum atomic E-state index is 12.9. The van der Waals surface area contributed by atoms with Gasteiger partial charge in [0.15, 0.2) is 0 Å². The number of rotatable bonds is 4. The van der Waals surface area contributed by atoms with Crippen LogP contribution in [0.5, 0.6) is 5.75 Å². The topological polar surface area (TPSA) is 86.3 Å². The van der Waals surface area contributed by atoms with Gasteiger partial charge in [0.05, 0.1) is 7.11 Å². The molecule has 0 spiro atoms. The standard InChI is InChI=1S/C18H23N5O3/c1-26-13-6-4-5-12(9-13)20-16(24)10-22-18(25)17-14-7-2-3-8-15(14)21-23(17)11-19-22/h4-6,9,11,14-15,17,21H,2-3,7-8,10H2,1H3,(H,20,24). The van der Waals surface area contributed by atoms with Gasteiger partial charge in [-0.05, 0) is 25.0 Å². The van der Waals surface area contributed by atoms with Crippen molar-refractivity contribution in [3.8, 4) is 5.75 Å². The molecule has 1 aliphatic carbocycles. The van der Waals surface area contributed by atoms with Gasteiger partial charge in [-0.2, -0.15) is 5.10 Å². The Labute approximate surface area is 152 Å². The van der Waals surface area contributed by atoms with E-state index in [9.17, 15) is 9.59 Å². The first-order valence-electron chi connectivity index (χ1n) is 8.99. The molecule has 26 heavy (non-hydrogen) atoms. The first-order chi connectivity index (χ1) is 12.7. The van der Waals surface area contributed by atoms with Gasteiger partial charge in [0, 0.05) is 23.7 Å². The van der Waals surface area contributed by atoms with E-state index < -0.39 is 0 Å². The molecule has 2 aliphatic heterocycles. The second-order valence-electron chi connectivity index (χ2n) is 6.94. The number of carbonyl (C=O) groups is 2. The summed E-state index contributed by atoms with van der Waals surface area (Å²) in [6.07, 6.45) is 6.07. The molecule has 3 aliphatic rings. The van der Waals surface area contributed by atoms with Crippen molar-refractivity contribution in [2.24, 2.45) is 11.0 Å². The summed E-state index contributed by atoms with van der Waals surface area (Å²) in [5.74, 6) is 0.538. The third kappa shape index (κ3) is 3.12. The summed E-state index contributed by atoms with van der Waals surface area (Å²) in [6, 6.07) is 7.17. The average Bonchev–Trinajstić information content (AvgIpc) is 3.03. The number of carbonyl (C=O) groups excluding carboxylic acids is 2. The first kappa shape index (κ1) is 16.8. The molecule has 2 amide bonds. The van der Waals surface area contributed by atoms with Crippen molar-refractivity contribution >= 4 is 23.8 Å². The van der Waals surface area contributed by atoms with E-state index in [0.717, 1.165) is 19.3 Å². The highest BCUT2D eigenvalue weighted by molar-refractivity contribution is 5.96. The SMILES string of the molecule is COc1cccc(NC(=O)CN2N=CN3NC4CCCCC4C3C2=O)c1. The number of ether oxygens (including phenoxy) is 1. The van der Waals surface area contributed by atoms with Crippen LogP contribution in [0.2, 0.25) is 0 Å². The molecule has 2 heterocycles. The van der Waals surface area contributed by atoms with E-state index in [4.69, 9.17) is 4.74 Å². The summed E-state index contributed by atoms with van der Waals surface area (Å²) in [5, 5.41) is 10.0. The summed E-state index contributed by atoms with van der Waals surface area (Å²) in [6.45, 7) is -0.103. The zero-order valence-corrected chi connectivity index (χ0v) is 14.7. The minimum absolute atomic E-state index is 0.103. The third-order valence-corrected chi connectivity index (χ3v) is 5.31. The number of anilines is 1. The van der Waals surface area contributed by atoms with Crippen LogP contribution < -0.4 is 15.5 Å². The van der Waals surface area contributed by atoms with Gasteiger partial charge in [0.25, 0.3) is 5.91 Å². The molecule has 3 unspecified atom stereocenters. The highest BCUT2D eigenvalue weighted by Gasteiger charge is 2.48. The summed E-state index contributed by atoms with van der Waals surface area (Å²) in [5.41, 5.74) is 4.00. The molecule has 1 saturated carbocycles. The Kier molecular flexibility index (Phi) is 4.50. The van der Waals surface area contributed by atoms with Crippen molar-refractivity contribution < 1.29 is 14.3 Å². The third-order valence-electron chi connectivity index (χ3n) is 5.31. The largest absolute Gasteiger partial charge is 0.497 e.